The van der Waals surface area contributed by atoms with Crippen LogP contribution in [0, 0.1) is 0 Å². The summed E-state index contributed by atoms with van der Waals surface area (Å²) in [6.45, 7) is 2.15. The number of nitrogen functional groups attached to an aromatic ring is 1. The molecule has 2 N–H and O–H groups in total. The summed E-state index contributed by atoms with van der Waals surface area (Å²) >= 11 is 0. The van der Waals surface area contributed by atoms with E-state index in [9.17, 15) is 8.42 Å². The zero-order valence-corrected chi connectivity index (χ0v) is 12.2. The third-order valence-electron chi connectivity index (χ3n) is 3.02. The average molecular weight is 290 g/mol. The molecule has 0 heterocycles. The van der Waals surface area contributed by atoms with Gasteiger partial charge in [-0.05, 0) is 24.6 Å². The molecule has 20 heavy (non-hydrogen) atoms. The van der Waals surface area contributed by atoms with Gasteiger partial charge in [-0.3, -0.25) is 4.31 Å². The lowest BCUT2D eigenvalue weighted by Crippen LogP contribution is -2.32. The van der Waals surface area contributed by atoms with Crippen LogP contribution < -0.4 is 10.0 Å². The fourth-order valence-corrected chi connectivity index (χ4v) is 3.72. The molecule has 0 spiro atoms. The molecular weight excluding hydrogens is 272 g/mol. The lowest BCUT2D eigenvalue weighted by Gasteiger charge is -2.24. The molecule has 2 aromatic rings. The Morgan fingerprint density at radius 2 is 1.60 bits per heavy atom. The highest BCUT2D eigenvalue weighted by Crippen LogP contribution is 2.26. The molecule has 0 aliphatic rings. The van der Waals surface area contributed by atoms with E-state index in [0.717, 1.165) is 5.56 Å². The highest BCUT2D eigenvalue weighted by Gasteiger charge is 2.22. The Morgan fingerprint density at radius 1 is 1.00 bits per heavy atom. The van der Waals surface area contributed by atoms with Gasteiger partial charge in [-0.15, -0.1) is 0 Å². The molecule has 0 saturated heterocycles. The quantitative estimate of drug-likeness (QED) is 0.861. The lowest BCUT2D eigenvalue weighted by molar-refractivity contribution is 0.591. The normalized spacial score (nSPS) is 11.2. The first-order chi connectivity index (χ1) is 9.54. The summed E-state index contributed by atoms with van der Waals surface area (Å²) in [5.41, 5.74) is 7.64. The molecule has 0 bridgehead atoms. The molecule has 5 heteroatoms. The Kier molecular flexibility index (Phi) is 4.29. The van der Waals surface area contributed by atoms with E-state index in [1.807, 2.05) is 18.2 Å². The number of para-hydroxylation sites is 2. The first-order valence-electron chi connectivity index (χ1n) is 6.43. The van der Waals surface area contributed by atoms with E-state index in [1.165, 1.54) is 4.31 Å². The summed E-state index contributed by atoms with van der Waals surface area (Å²) in [5, 5.41) is 0. The van der Waals surface area contributed by atoms with Gasteiger partial charge in [0.25, 0.3) is 0 Å². The zero-order valence-electron chi connectivity index (χ0n) is 11.4. The summed E-state index contributed by atoms with van der Waals surface area (Å²) in [7, 11) is -3.45. The van der Waals surface area contributed by atoms with Crippen LogP contribution >= 0.6 is 0 Å². The van der Waals surface area contributed by atoms with E-state index in [1.54, 1.807) is 43.3 Å². The van der Waals surface area contributed by atoms with Crippen LogP contribution in [0.5, 0.6) is 0 Å². The average Bonchev–Trinajstić information content (AvgIpc) is 2.42. The van der Waals surface area contributed by atoms with Crippen LogP contribution in [-0.2, 0) is 15.8 Å². The highest BCUT2D eigenvalue weighted by atomic mass is 32.2. The van der Waals surface area contributed by atoms with Crippen molar-refractivity contribution in [2.75, 3.05) is 16.6 Å². The smallest absolute Gasteiger partial charge is 0.239 e. The van der Waals surface area contributed by atoms with Gasteiger partial charge in [-0.2, -0.15) is 0 Å². The van der Waals surface area contributed by atoms with Crippen LogP contribution in [0.4, 0.5) is 11.4 Å². The molecule has 0 radical (unpaired) electrons. The van der Waals surface area contributed by atoms with Gasteiger partial charge < -0.3 is 5.73 Å². The number of benzene rings is 2. The zero-order chi connectivity index (χ0) is 14.6. The summed E-state index contributed by atoms with van der Waals surface area (Å²) in [5.74, 6) is -0.0317. The minimum Gasteiger partial charge on any atom is -0.397 e. The molecule has 0 aromatic heterocycles. The summed E-state index contributed by atoms with van der Waals surface area (Å²) in [4.78, 5) is 0. The van der Waals surface area contributed by atoms with Crippen LogP contribution in [0.1, 0.15) is 12.5 Å². The van der Waals surface area contributed by atoms with E-state index < -0.39 is 10.0 Å². The Balaban J connectivity index is 2.34. The van der Waals surface area contributed by atoms with Crippen molar-refractivity contribution in [1.29, 1.82) is 0 Å². The van der Waals surface area contributed by atoms with E-state index in [4.69, 9.17) is 5.73 Å². The number of rotatable bonds is 5. The SMILES string of the molecule is CCN(c1ccccc1N)S(=O)(=O)Cc1ccccc1. The van der Waals surface area contributed by atoms with Crippen molar-refractivity contribution >= 4 is 21.4 Å². The monoisotopic (exact) mass is 290 g/mol. The van der Waals surface area contributed by atoms with Gasteiger partial charge in [-0.25, -0.2) is 8.42 Å². The topological polar surface area (TPSA) is 63.4 Å². The van der Waals surface area contributed by atoms with Gasteiger partial charge in [0.1, 0.15) is 0 Å². The van der Waals surface area contributed by atoms with E-state index in [2.05, 4.69) is 0 Å². The van der Waals surface area contributed by atoms with Gasteiger partial charge in [0, 0.05) is 6.54 Å². The molecule has 106 valence electrons. The third kappa shape index (κ3) is 3.11. The van der Waals surface area contributed by atoms with Crippen LogP contribution in [0.2, 0.25) is 0 Å². The van der Waals surface area contributed by atoms with Gasteiger partial charge >= 0.3 is 0 Å². The van der Waals surface area contributed by atoms with Crippen molar-refractivity contribution in [1.82, 2.24) is 0 Å². The number of nitrogens with two attached hydrogens (primary N) is 1. The van der Waals surface area contributed by atoms with E-state index in [-0.39, 0.29) is 5.75 Å². The molecule has 0 saturated carbocycles. The van der Waals surface area contributed by atoms with Gasteiger partial charge in [0.2, 0.25) is 10.0 Å². The van der Waals surface area contributed by atoms with E-state index in [0.29, 0.717) is 17.9 Å². The number of nitrogens with zero attached hydrogens (tertiary/aromatic N) is 1. The lowest BCUT2D eigenvalue weighted by atomic mass is 10.2. The first kappa shape index (κ1) is 14.4. The van der Waals surface area contributed by atoms with Gasteiger partial charge in [0.05, 0.1) is 17.1 Å². The Hall–Kier alpha value is -2.01. The van der Waals surface area contributed by atoms with Crippen LogP contribution in [0.15, 0.2) is 54.6 Å². The van der Waals surface area contributed by atoms with Crippen molar-refractivity contribution in [3.63, 3.8) is 0 Å². The third-order valence-corrected chi connectivity index (χ3v) is 4.84. The number of hydrogen-bond donors (Lipinski definition) is 1. The molecule has 0 atom stereocenters. The summed E-state index contributed by atoms with van der Waals surface area (Å²) < 4.78 is 26.5. The van der Waals surface area contributed by atoms with Crippen molar-refractivity contribution in [2.24, 2.45) is 0 Å². The maximum absolute atomic E-state index is 12.6. The fraction of sp³-hybridized carbons (Fsp3) is 0.200. The van der Waals surface area contributed by atoms with Crippen LogP contribution in [0.25, 0.3) is 0 Å². The van der Waals surface area contributed by atoms with Crippen molar-refractivity contribution < 1.29 is 8.42 Å². The second-order valence-corrected chi connectivity index (χ2v) is 6.36. The number of hydrogen-bond acceptors (Lipinski definition) is 3. The summed E-state index contributed by atoms with van der Waals surface area (Å²) in [6.07, 6.45) is 0. The van der Waals surface area contributed by atoms with Gasteiger partial charge in [0.15, 0.2) is 0 Å². The number of sulfonamides is 1. The highest BCUT2D eigenvalue weighted by molar-refractivity contribution is 7.92. The molecule has 0 aliphatic carbocycles. The van der Waals surface area contributed by atoms with Crippen molar-refractivity contribution in [3.8, 4) is 0 Å². The predicted molar refractivity (Wildman–Crippen MR) is 82.9 cm³/mol. The van der Waals surface area contributed by atoms with Crippen LogP contribution in [-0.4, -0.2) is 15.0 Å². The molecule has 0 fully saturated rings. The predicted octanol–water partition coefficient (Wildman–Crippen LogP) is 2.63. The largest absolute Gasteiger partial charge is 0.397 e. The fourth-order valence-electron chi connectivity index (χ4n) is 2.09. The molecular formula is C15H18N2O2S. The standard InChI is InChI=1S/C15H18N2O2S/c1-2-17(15-11-7-6-10-14(15)16)20(18,19)12-13-8-4-3-5-9-13/h3-11H,2,12,16H2,1H3. The minimum absolute atomic E-state index is 0.0317. The number of anilines is 2. The summed E-state index contributed by atoms with van der Waals surface area (Å²) in [6, 6.07) is 16.1. The molecule has 2 aromatic carbocycles. The maximum Gasteiger partial charge on any atom is 0.239 e. The Bertz CT molecular complexity index is 669. The Morgan fingerprint density at radius 3 is 2.20 bits per heavy atom. The van der Waals surface area contributed by atoms with Crippen molar-refractivity contribution in [3.05, 3.63) is 60.2 Å². The maximum atomic E-state index is 12.6. The second-order valence-electron chi connectivity index (χ2n) is 4.47. The second kappa shape index (κ2) is 5.96. The van der Waals surface area contributed by atoms with Gasteiger partial charge in [-0.1, -0.05) is 42.5 Å². The molecule has 2 rings (SSSR count). The van der Waals surface area contributed by atoms with E-state index >= 15 is 0 Å². The molecule has 0 aliphatic heterocycles. The first-order valence-corrected chi connectivity index (χ1v) is 8.04. The minimum atomic E-state index is -3.45. The van der Waals surface area contributed by atoms with Crippen LogP contribution in [0.3, 0.4) is 0 Å². The van der Waals surface area contributed by atoms with Crippen molar-refractivity contribution in [2.45, 2.75) is 12.7 Å². The molecule has 4 nitrogen and oxygen atoms in total. The Labute approximate surface area is 119 Å². The molecule has 0 amide bonds. The molecule has 0 unspecified atom stereocenters.